The van der Waals surface area contributed by atoms with Crippen LogP contribution < -0.4 is 0 Å². The van der Waals surface area contributed by atoms with Crippen molar-refractivity contribution in [3.05, 3.63) is 35.4 Å². The van der Waals surface area contributed by atoms with Crippen molar-refractivity contribution in [3.63, 3.8) is 0 Å². The molecule has 1 aromatic rings. The van der Waals surface area contributed by atoms with Gasteiger partial charge < -0.3 is 4.90 Å². The maximum Gasteiger partial charge on any atom is 0.222 e. The number of piperidine rings is 1. The van der Waals surface area contributed by atoms with E-state index in [4.69, 9.17) is 0 Å². The van der Waals surface area contributed by atoms with E-state index in [1.807, 2.05) is 24.0 Å². The largest absolute Gasteiger partial charge is 0.342 e. The molecule has 1 aliphatic rings. The fourth-order valence-electron chi connectivity index (χ4n) is 2.53. The lowest BCUT2D eigenvalue weighted by molar-refractivity contribution is -0.136. The lowest BCUT2D eigenvalue weighted by Gasteiger charge is -2.30. The molecule has 19 heavy (non-hydrogen) atoms. The van der Waals surface area contributed by atoms with Gasteiger partial charge in [-0.2, -0.15) is 0 Å². The molecule has 3 nitrogen and oxygen atoms in total. The van der Waals surface area contributed by atoms with E-state index in [0.717, 1.165) is 6.42 Å². The lowest BCUT2D eigenvalue weighted by atomic mass is 9.97. The zero-order chi connectivity index (χ0) is 13.8. The molecule has 1 amide bonds. The number of Topliss-reactive ketones (excluding diaryl/α,β-unsaturated/α-hetero) is 1. The van der Waals surface area contributed by atoms with E-state index in [1.165, 1.54) is 11.1 Å². The van der Waals surface area contributed by atoms with Crippen LogP contribution >= 0.6 is 0 Å². The number of rotatable bonds is 3. The Morgan fingerprint density at radius 1 is 1.37 bits per heavy atom. The third kappa shape index (κ3) is 3.43. The number of likely N-dealkylation sites (tertiary alicyclic amines) is 1. The molecule has 0 radical (unpaired) electrons. The van der Waals surface area contributed by atoms with Crippen molar-refractivity contribution in [2.24, 2.45) is 5.92 Å². The Kier molecular flexibility index (Phi) is 4.35. The van der Waals surface area contributed by atoms with Gasteiger partial charge in [-0.3, -0.25) is 9.59 Å². The van der Waals surface area contributed by atoms with Crippen molar-refractivity contribution < 1.29 is 9.59 Å². The van der Waals surface area contributed by atoms with Crippen LogP contribution in [-0.4, -0.2) is 29.7 Å². The van der Waals surface area contributed by atoms with Crippen LogP contribution in [0, 0.1) is 12.8 Å². The Hall–Kier alpha value is -1.64. The highest BCUT2D eigenvalue weighted by Gasteiger charge is 2.26. The van der Waals surface area contributed by atoms with Gasteiger partial charge >= 0.3 is 0 Å². The third-order valence-corrected chi connectivity index (χ3v) is 3.89. The summed E-state index contributed by atoms with van der Waals surface area (Å²) in [5.74, 6) is 0.446. The summed E-state index contributed by atoms with van der Waals surface area (Å²) in [5.41, 5.74) is 2.47. The Bertz CT molecular complexity index is 481. The number of ketones is 1. The molecule has 1 atom stereocenters. The molecule has 102 valence electrons. The van der Waals surface area contributed by atoms with E-state index in [1.54, 1.807) is 0 Å². The van der Waals surface area contributed by atoms with Crippen molar-refractivity contribution in [3.8, 4) is 0 Å². The molecule has 1 aliphatic heterocycles. The third-order valence-electron chi connectivity index (χ3n) is 3.89. The minimum atomic E-state index is -0.00355. The molecule has 1 fully saturated rings. The highest BCUT2D eigenvalue weighted by Crippen LogP contribution is 2.15. The van der Waals surface area contributed by atoms with Gasteiger partial charge in [-0.25, -0.2) is 0 Å². The SMILES string of the molecule is Cc1ccccc1CCC(=O)N1CCC(=O)C(C)C1. The van der Waals surface area contributed by atoms with Crippen molar-refractivity contribution in [2.45, 2.75) is 33.1 Å². The number of benzene rings is 1. The molecule has 0 N–H and O–H groups in total. The summed E-state index contributed by atoms with van der Waals surface area (Å²) in [5, 5.41) is 0. The van der Waals surface area contributed by atoms with Gasteiger partial charge in [-0.15, -0.1) is 0 Å². The number of hydrogen-bond donors (Lipinski definition) is 0. The topological polar surface area (TPSA) is 37.4 Å². The van der Waals surface area contributed by atoms with E-state index in [0.29, 0.717) is 25.9 Å². The van der Waals surface area contributed by atoms with E-state index >= 15 is 0 Å². The first-order valence-electron chi connectivity index (χ1n) is 6.93. The number of nitrogens with zero attached hydrogens (tertiary/aromatic N) is 1. The summed E-state index contributed by atoms with van der Waals surface area (Å²) in [7, 11) is 0. The van der Waals surface area contributed by atoms with Crippen LogP contribution in [0.4, 0.5) is 0 Å². The predicted octanol–water partition coefficient (Wildman–Crippen LogP) is 2.37. The zero-order valence-electron chi connectivity index (χ0n) is 11.7. The van der Waals surface area contributed by atoms with Crippen LogP contribution in [0.5, 0.6) is 0 Å². The Morgan fingerprint density at radius 2 is 2.11 bits per heavy atom. The van der Waals surface area contributed by atoms with Crippen LogP contribution in [0.15, 0.2) is 24.3 Å². The molecule has 0 saturated carbocycles. The fraction of sp³-hybridized carbons (Fsp3) is 0.500. The van der Waals surface area contributed by atoms with Crippen molar-refractivity contribution in [1.29, 1.82) is 0 Å². The van der Waals surface area contributed by atoms with E-state index in [-0.39, 0.29) is 17.6 Å². The molecule has 2 rings (SSSR count). The summed E-state index contributed by atoms with van der Waals surface area (Å²) in [4.78, 5) is 25.4. The van der Waals surface area contributed by atoms with Gasteiger partial charge in [0.15, 0.2) is 0 Å². The number of aryl methyl sites for hydroxylation is 2. The second-order valence-corrected chi connectivity index (χ2v) is 5.38. The van der Waals surface area contributed by atoms with Crippen LogP contribution in [0.25, 0.3) is 0 Å². The highest BCUT2D eigenvalue weighted by atomic mass is 16.2. The average Bonchev–Trinajstić information content (AvgIpc) is 2.40. The quantitative estimate of drug-likeness (QED) is 0.835. The summed E-state index contributed by atoms with van der Waals surface area (Å²) in [6, 6.07) is 8.17. The molecule has 1 saturated heterocycles. The number of carbonyl (C=O) groups excluding carboxylic acids is 2. The van der Waals surface area contributed by atoms with Gasteiger partial charge in [-0.1, -0.05) is 31.2 Å². The van der Waals surface area contributed by atoms with Gasteiger partial charge in [0.2, 0.25) is 5.91 Å². The summed E-state index contributed by atoms with van der Waals surface area (Å²) >= 11 is 0. The summed E-state index contributed by atoms with van der Waals surface area (Å²) < 4.78 is 0. The second kappa shape index (κ2) is 6.00. The van der Waals surface area contributed by atoms with Gasteiger partial charge in [0.25, 0.3) is 0 Å². The predicted molar refractivity (Wildman–Crippen MR) is 74.9 cm³/mol. The molecule has 1 unspecified atom stereocenters. The van der Waals surface area contributed by atoms with Crippen LogP contribution in [0.2, 0.25) is 0 Å². The minimum Gasteiger partial charge on any atom is -0.342 e. The molecular formula is C16H21NO2. The minimum absolute atomic E-state index is 0.00355. The van der Waals surface area contributed by atoms with Crippen molar-refractivity contribution in [2.75, 3.05) is 13.1 Å². The molecule has 1 aromatic carbocycles. The fourth-order valence-corrected chi connectivity index (χ4v) is 2.53. The van der Waals surface area contributed by atoms with Gasteiger partial charge in [-0.05, 0) is 24.5 Å². The van der Waals surface area contributed by atoms with Crippen LogP contribution in [0.1, 0.15) is 30.9 Å². The number of hydrogen-bond acceptors (Lipinski definition) is 2. The lowest BCUT2D eigenvalue weighted by Crippen LogP contribution is -2.43. The summed E-state index contributed by atoms with van der Waals surface area (Å²) in [6.07, 6.45) is 1.83. The first-order valence-corrected chi connectivity index (χ1v) is 6.93. The van der Waals surface area contributed by atoms with Crippen molar-refractivity contribution in [1.82, 2.24) is 4.90 Å². The number of carbonyl (C=O) groups is 2. The molecule has 0 bridgehead atoms. The maximum atomic E-state index is 12.1. The van der Waals surface area contributed by atoms with Gasteiger partial charge in [0, 0.05) is 31.8 Å². The van der Waals surface area contributed by atoms with E-state index in [2.05, 4.69) is 19.1 Å². The molecular weight excluding hydrogens is 238 g/mol. The first kappa shape index (κ1) is 13.8. The Balaban J connectivity index is 1.88. The smallest absolute Gasteiger partial charge is 0.222 e. The highest BCUT2D eigenvalue weighted by molar-refractivity contribution is 5.85. The second-order valence-electron chi connectivity index (χ2n) is 5.38. The standard InChI is InChI=1S/C16H21NO2/c1-12-5-3-4-6-14(12)7-8-16(19)17-10-9-15(18)13(2)11-17/h3-6,13H,7-11H2,1-2H3. The van der Waals surface area contributed by atoms with E-state index in [9.17, 15) is 9.59 Å². The average molecular weight is 259 g/mol. The van der Waals surface area contributed by atoms with Crippen LogP contribution in [0.3, 0.4) is 0 Å². The molecule has 3 heteroatoms. The maximum absolute atomic E-state index is 12.1. The van der Waals surface area contributed by atoms with E-state index < -0.39 is 0 Å². The molecule has 0 aromatic heterocycles. The zero-order valence-corrected chi connectivity index (χ0v) is 11.7. The first-order chi connectivity index (χ1) is 9.08. The van der Waals surface area contributed by atoms with Crippen LogP contribution in [-0.2, 0) is 16.0 Å². The Labute approximate surface area is 114 Å². The van der Waals surface area contributed by atoms with Gasteiger partial charge in [0.05, 0.1) is 0 Å². The normalized spacial score (nSPS) is 19.6. The molecule has 0 spiro atoms. The Morgan fingerprint density at radius 3 is 2.79 bits per heavy atom. The number of amides is 1. The monoisotopic (exact) mass is 259 g/mol. The molecule has 0 aliphatic carbocycles. The van der Waals surface area contributed by atoms with Gasteiger partial charge in [0.1, 0.15) is 5.78 Å². The summed E-state index contributed by atoms with van der Waals surface area (Å²) in [6.45, 7) is 5.16. The molecule has 1 heterocycles. The van der Waals surface area contributed by atoms with Crippen molar-refractivity contribution >= 4 is 11.7 Å².